The lowest BCUT2D eigenvalue weighted by molar-refractivity contribution is -0.130. The molecule has 1 aromatic heterocycles. The third-order valence-corrected chi connectivity index (χ3v) is 4.35. The summed E-state index contributed by atoms with van der Waals surface area (Å²) in [6, 6.07) is 10.4. The fourth-order valence-electron chi connectivity index (χ4n) is 3.30. The zero-order valence-electron chi connectivity index (χ0n) is 12.0. The average Bonchev–Trinajstić information content (AvgIpc) is 3.02. The van der Waals surface area contributed by atoms with Crippen LogP contribution in [0.25, 0.3) is 0 Å². The summed E-state index contributed by atoms with van der Waals surface area (Å²) in [5.74, 6) is 0.0986. The largest absolute Gasteiger partial charge is 0.349 e. The molecule has 0 saturated carbocycles. The number of fused-ring (bicyclic) bond motifs is 3. The van der Waals surface area contributed by atoms with Gasteiger partial charge in [0.05, 0.1) is 11.6 Å². The predicted molar refractivity (Wildman–Crippen MR) is 81.1 cm³/mol. The van der Waals surface area contributed by atoms with Crippen molar-refractivity contribution < 1.29 is 4.79 Å². The molecule has 1 atom stereocenters. The Balaban J connectivity index is 1.67. The van der Waals surface area contributed by atoms with E-state index in [-0.39, 0.29) is 11.8 Å². The second-order valence-electron chi connectivity index (χ2n) is 5.79. The molecule has 1 unspecified atom stereocenters. The first-order chi connectivity index (χ1) is 10.2. The standard InChI is InChI=1S/C17H17N3O/c1-19-17(21)14-8-7-13-10-20(11-15(13)16(14)18-19)9-12-5-3-2-4-6-12/h2-6,10-11,14H,7-9H2,1H3. The summed E-state index contributed by atoms with van der Waals surface area (Å²) in [5, 5.41) is 5.93. The molecule has 21 heavy (non-hydrogen) atoms. The van der Waals surface area contributed by atoms with E-state index in [0.717, 1.165) is 30.7 Å². The smallest absolute Gasteiger partial charge is 0.251 e. The lowest BCUT2D eigenvalue weighted by Crippen LogP contribution is -2.28. The van der Waals surface area contributed by atoms with Crippen LogP contribution in [0.3, 0.4) is 0 Å². The third-order valence-electron chi connectivity index (χ3n) is 4.35. The SMILES string of the molecule is CN1N=C2c3cn(Cc4ccccc4)cc3CCC2C1=O. The molecule has 4 rings (SSSR count). The minimum atomic E-state index is -0.0323. The van der Waals surface area contributed by atoms with Crippen molar-refractivity contribution in [3.05, 3.63) is 59.4 Å². The first-order valence-corrected chi connectivity index (χ1v) is 7.31. The van der Waals surface area contributed by atoms with Gasteiger partial charge in [-0.25, -0.2) is 5.01 Å². The zero-order chi connectivity index (χ0) is 14.4. The fourth-order valence-corrected chi connectivity index (χ4v) is 3.30. The molecule has 2 aromatic rings. The van der Waals surface area contributed by atoms with Crippen LogP contribution in [-0.4, -0.2) is 28.2 Å². The minimum absolute atomic E-state index is 0.0323. The van der Waals surface area contributed by atoms with E-state index in [0.29, 0.717) is 0 Å². The number of carbonyl (C=O) groups is 1. The highest BCUT2D eigenvalue weighted by atomic mass is 16.2. The monoisotopic (exact) mass is 279 g/mol. The van der Waals surface area contributed by atoms with Gasteiger partial charge in [-0.3, -0.25) is 4.79 Å². The van der Waals surface area contributed by atoms with E-state index in [2.05, 4.69) is 46.3 Å². The maximum absolute atomic E-state index is 12.1. The maximum Gasteiger partial charge on any atom is 0.251 e. The Hall–Kier alpha value is -2.36. The summed E-state index contributed by atoms with van der Waals surface area (Å²) in [5.41, 5.74) is 4.70. The van der Waals surface area contributed by atoms with E-state index in [1.54, 1.807) is 7.05 Å². The van der Waals surface area contributed by atoms with Crippen molar-refractivity contribution >= 4 is 11.6 Å². The lowest BCUT2D eigenvalue weighted by Gasteiger charge is -2.16. The van der Waals surface area contributed by atoms with Crippen LogP contribution in [0.5, 0.6) is 0 Å². The molecule has 2 heterocycles. The van der Waals surface area contributed by atoms with Gasteiger partial charge in [0.25, 0.3) is 5.91 Å². The second kappa shape index (κ2) is 4.58. The van der Waals surface area contributed by atoms with Crippen LogP contribution in [0.2, 0.25) is 0 Å². The molecule has 0 saturated heterocycles. The van der Waals surface area contributed by atoms with Crippen molar-refractivity contribution in [1.82, 2.24) is 9.58 Å². The number of aromatic nitrogens is 1. The lowest BCUT2D eigenvalue weighted by atomic mass is 9.85. The highest BCUT2D eigenvalue weighted by Crippen LogP contribution is 2.32. The van der Waals surface area contributed by atoms with Gasteiger partial charge < -0.3 is 4.57 Å². The molecule has 0 spiro atoms. The van der Waals surface area contributed by atoms with Crippen molar-refractivity contribution in [3.8, 4) is 0 Å². The zero-order valence-corrected chi connectivity index (χ0v) is 12.0. The van der Waals surface area contributed by atoms with Crippen LogP contribution in [0.15, 0.2) is 47.8 Å². The molecule has 0 bridgehead atoms. The Morgan fingerprint density at radius 2 is 2.05 bits per heavy atom. The summed E-state index contributed by atoms with van der Waals surface area (Å²) < 4.78 is 2.20. The molecule has 1 aliphatic heterocycles. The van der Waals surface area contributed by atoms with Gasteiger partial charge in [0.2, 0.25) is 0 Å². The molecule has 4 heteroatoms. The molecule has 0 N–H and O–H groups in total. The minimum Gasteiger partial charge on any atom is -0.349 e. The maximum atomic E-state index is 12.1. The summed E-state index contributed by atoms with van der Waals surface area (Å²) >= 11 is 0. The van der Waals surface area contributed by atoms with Crippen LogP contribution in [0, 0.1) is 5.92 Å². The Kier molecular flexibility index (Phi) is 2.70. The van der Waals surface area contributed by atoms with Crippen molar-refractivity contribution in [1.29, 1.82) is 0 Å². The normalized spacial score (nSPS) is 20.2. The topological polar surface area (TPSA) is 37.6 Å². The van der Waals surface area contributed by atoms with Crippen LogP contribution in [-0.2, 0) is 17.8 Å². The van der Waals surface area contributed by atoms with Crippen molar-refractivity contribution in [2.45, 2.75) is 19.4 Å². The number of aryl methyl sites for hydroxylation is 1. The van der Waals surface area contributed by atoms with E-state index in [1.807, 2.05) is 6.07 Å². The number of hydrazone groups is 1. The molecule has 4 nitrogen and oxygen atoms in total. The van der Waals surface area contributed by atoms with E-state index in [4.69, 9.17) is 0 Å². The highest BCUT2D eigenvalue weighted by molar-refractivity contribution is 6.17. The van der Waals surface area contributed by atoms with Crippen molar-refractivity contribution in [2.24, 2.45) is 11.0 Å². The second-order valence-corrected chi connectivity index (χ2v) is 5.79. The van der Waals surface area contributed by atoms with Gasteiger partial charge in [0.1, 0.15) is 0 Å². The number of hydrogen-bond acceptors (Lipinski definition) is 2. The first kappa shape index (κ1) is 12.4. The molecular formula is C17H17N3O. The Morgan fingerprint density at radius 1 is 1.24 bits per heavy atom. The van der Waals surface area contributed by atoms with Gasteiger partial charge in [-0.05, 0) is 24.0 Å². The molecular weight excluding hydrogens is 262 g/mol. The molecule has 0 fully saturated rings. The van der Waals surface area contributed by atoms with Crippen LogP contribution >= 0.6 is 0 Å². The Morgan fingerprint density at radius 3 is 2.86 bits per heavy atom. The molecule has 106 valence electrons. The first-order valence-electron chi connectivity index (χ1n) is 7.31. The molecule has 1 amide bonds. The average molecular weight is 279 g/mol. The van der Waals surface area contributed by atoms with Gasteiger partial charge in [-0.2, -0.15) is 5.10 Å². The Labute approximate surface area is 123 Å². The van der Waals surface area contributed by atoms with Gasteiger partial charge in [0, 0.05) is 31.5 Å². The predicted octanol–water partition coefficient (Wildman–Crippen LogP) is 2.27. The van der Waals surface area contributed by atoms with Gasteiger partial charge >= 0.3 is 0 Å². The van der Waals surface area contributed by atoms with E-state index >= 15 is 0 Å². The van der Waals surface area contributed by atoms with Gasteiger partial charge in [-0.1, -0.05) is 30.3 Å². The summed E-state index contributed by atoms with van der Waals surface area (Å²) in [6.45, 7) is 0.857. The van der Waals surface area contributed by atoms with Crippen LogP contribution in [0.4, 0.5) is 0 Å². The van der Waals surface area contributed by atoms with Crippen LogP contribution in [0.1, 0.15) is 23.1 Å². The Bertz CT molecular complexity index is 730. The summed E-state index contributed by atoms with van der Waals surface area (Å²) in [4.78, 5) is 12.1. The number of nitrogens with zero attached hydrogens (tertiary/aromatic N) is 3. The third kappa shape index (κ3) is 1.98. The quantitative estimate of drug-likeness (QED) is 0.831. The number of benzene rings is 1. The number of hydrogen-bond donors (Lipinski definition) is 0. The molecule has 1 aromatic carbocycles. The molecule has 2 aliphatic rings. The number of rotatable bonds is 2. The highest BCUT2D eigenvalue weighted by Gasteiger charge is 2.38. The van der Waals surface area contributed by atoms with E-state index in [1.165, 1.54) is 16.1 Å². The number of amides is 1. The van der Waals surface area contributed by atoms with Crippen molar-refractivity contribution in [2.75, 3.05) is 7.05 Å². The summed E-state index contributed by atoms with van der Waals surface area (Å²) in [6.07, 6.45) is 6.17. The number of carbonyl (C=O) groups excluding carboxylic acids is 1. The van der Waals surface area contributed by atoms with Crippen molar-refractivity contribution in [3.63, 3.8) is 0 Å². The summed E-state index contributed by atoms with van der Waals surface area (Å²) in [7, 11) is 1.74. The van der Waals surface area contributed by atoms with E-state index < -0.39 is 0 Å². The van der Waals surface area contributed by atoms with Gasteiger partial charge in [-0.15, -0.1) is 0 Å². The van der Waals surface area contributed by atoms with Crippen LogP contribution < -0.4 is 0 Å². The van der Waals surface area contributed by atoms with Gasteiger partial charge in [0.15, 0.2) is 0 Å². The molecule has 0 radical (unpaired) electrons. The van der Waals surface area contributed by atoms with E-state index in [9.17, 15) is 4.79 Å². The molecule has 1 aliphatic carbocycles. The fraction of sp³-hybridized carbons (Fsp3) is 0.294.